The van der Waals surface area contributed by atoms with Gasteiger partial charge < -0.3 is 5.73 Å². The first-order valence-electron chi connectivity index (χ1n) is 5.63. The smallest absolute Gasteiger partial charge is 0.319 e. The Morgan fingerprint density at radius 1 is 1.14 bits per heavy atom. The molecule has 1 aromatic heterocycles. The van der Waals surface area contributed by atoms with Gasteiger partial charge in [0.05, 0.1) is 17.3 Å². The van der Waals surface area contributed by atoms with Crippen LogP contribution in [0.2, 0.25) is 0 Å². The third-order valence-electron chi connectivity index (χ3n) is 2.79. The number of aromatic nitrogens is 1. The van der Waals surface area contributed by atoms with Gasteiger partial charge in [0, 0.05) is 15.1 Å². The van der Waals surface area contributed by atoms with Crippen LogP contribution in [0.5, 0.6) is 0 Å². The highest BCUT2D eigenvalue weighted by Gasteiger charge is 2.34. The average Bonchev–Trinajstić information content (AvgIpc) is 2.37. The number of benzene rings is 1. The van der Waals surface area contributed by atoms with Gasteiger partial charge in [0.25, 0.3) is 0 Å². The number of halogens is 6. The Balaban J connectivity index is 2.46. The summed E-state index contributed by atoms with van der Waals surface area (Å²) in [6.45, 7) is 0. The highest BCUT2D eigenvalue weighted by Crippen LogP contribution is 2.34. The van der Waals surface area contributed by atoms with E-state index in [2.05, 4.69) is 36.8 Å². The van der Waals surface area contributed by atoms with Crippen molar-refractivity contribution in [3.63, 3.8) is 0 Å². The summed E-state index contributed by atoms with van der Waals surface area (Å²) in [6.07, 6.45) is -3.29. The van der Waals surface area contributed by atoms with Crippen LogP contribution in [-0.2, 0) is 6.18 Å². The van der Waals surface area contributed by atoms with Crippen LogP contribution in [0.4, 0.5) is 17.6 Å². The molecule has 2 nitrogen and oxygen atoms in total. The molecule has 0 aliphatic heterocycles. The van der Waals surface area contributed by atoms with Crippen molar-refractivity contribution in [2.24, 2.45) is 5.73 Å². The summed E-state index contributed by atoms with van der Waals surface area (Å²) in [5.41, 5.74) is 5.07. The molecule has 0 spiro atoms. The highest BCUT2D eigenvalue weighted by atomic mass is 79.9. The number of nitrogens with two attached hydrogens (primary N) is 1. The first-order chi connectivity index (χ1) is 9.70. The second-order valence-corrected chi connectivity index (χ2v) is 6.01. The molecule has 2 rings (SSSR count). The third-order valence-corrected chi connectivity index (χ3v) is 3.85. The van der Waals surface area contributed by atoms with Crippen LogP contribution in [0.3, 0.4) is 0 Å². The van der Waals surface area contributed by atoms with E-state index in [-0.39, 0.29) is 5.56 Å². The maximum Gasteiger partial charge on any atom is 0.419 e. The summed E-state index contributed by atoms with van der Waals surface area (Å²) >= 11 is 6.47. The fraction of sp³-hybridized carbons (Fsp3) is 0.154. The third kappa shape index (κ3) is 3.61. The molecule has 0 aliphatic rings. The van der Waals surface area contributed by atoms with E-state index in [1.807, 2.05) is 0 Å². The Morgan fingerprint density at radius 3 is 2.38 bits per heavy atom. The van der Waals surface area contributed by atoms with E-state index in [0.717, 1.165) is 6.07 Å². The van der Waals surface area contributed by atoms with Gasteiger partial charge in [-0.15, -0.1) is 0 Å². The average molecular weight is 428 g/mol. The van der Waals surface area contributed by atoms with Crippen molar-refractivity contribution in [3.05, 3.63) is 62.0 Å². The highest BCUT2D eigenvalue weighted by molar-refractivity contribution is 9.11. The quantitative estimate of drug-likeness (QED) is 0.698. The normalized spacial score (nSPS) is 13.3. The molecule has 0 amide bonds. The number of alkyl halides is 3. The summed E-state index contributed by atoms with van der Waals surface area (Å²) in [6, 6.07) is 3.44. The lowest BCUT2D eigenvalue weighted by Crippen LogP contribution is -2.16. The molecule has 0 saturated heterocycles. The van der Waals surface area contributed by atoms with Crippen LogP contribution in [0.25, 0.3) is 0 Å². The van der Waals surface area contributed by atoms with E-state index in [1.165, 1.54) is 12.3 Å². The molecular formula is C13H8Br2F4N2. The summed E-state index contributed by atoms with van der Waals surface area (Å²) in [4.78, 5) is 4.07. The van der Waals surface area contributed by atoms with E-state index in [1.54, 1.807) is 6.07 Å². The first-order valence-corrected chi connectivity index (χ1v) is 7.22. The molecular weight excluding hydrogens is 420 g/mol. The molecule has 21 heavy (non-hydrogen) atoms. The maximum absolute atomic E-state index is 13.3. The lowest BCUT2D eigenvalue weighted by Gasteiger charge is -2.16. The number of rotatable bonds is 2. The minimum atomic E-state index is -4.77. The predicted molar refractivity (Wildman–Crippen MR) is 77.1 cm³/mol. The van der Waals surface area contributed by atoms with Crippen molar-refractivity contribution in [3.8, 4) is 0 Å². The SMILES string of the molecule is NC(c1ccc(F)c(C(F)(F)F)c1)c1ncc(Br)cc1Br. The minimum Gasteiger partial charge on any atom is -0.319 e. The van der Waals surface area contributed by atoms with E-state index in [0.29, 0.717) is 20.7 Å². The summed E-state index contributed by atoms with van der Waals surface area (Å²) in [5.74, 6) is -1.33. The van der Waals surface area contributed by atoms with Gasteiger partial charge in [-0.3, -0.25) is 4.98 Å². The molecule has 1 aromatic carbocycles. The van der Waals surface area contributed by atoms with Crippen LogP contribution in [0, 0.1) is 5.82 Å². The second-order valence-electron chi connectivity index (χ2n) is 4.24. The zero-order valence-electron chi connectivity index (χ0n) is 10.3. The van der Waals surface area contributed by atoms with Crippen molar-refractivity contribution in [1.29, 1.82) is 0 Å². The molecule has 2 N–H and O–H groups in total. The zero-order chi connectivity index (χ0) is 15.8. The van der Waals surface area contributed by atoms with Crippen molar-refractivity contribution in [1.82, 2.24) is 4.98 Å². The molecule has 8 heteroatoms. The molecule has 1 atom stereocenters. The van der Waals surface area contributed by atoms with E-state index in [4.69, 9.17) is 5.73 Å². The van der Waals surface area contributed by atoms with Crippen molar-refractivity contribution in [2.75, 3.05) is 0 Å². The van der Waals surface area contributed by atoms with Gasteiger partial charge >= 0.3 is 6.18 Å². The molecule has 0 bridgehead atoms. The van der Waals surface area contributed by atoms with Gasteiger partial charge in [-0.1, -0.05) is 6.07 Å². The van der Waals surface area contributed by atoms with Crippen LogP contribution < -0.4 is 5.73 Å². The summed E-state index contributed by atoms with van der Waals surface area (Å²) in [5, 5.41) is 0. The molecule has 112 valence electrons. The van der Waals surface area contributed by atoms with E-state index in [9.17, 15) is 17.6 Å². The number of hydrogen-bond donors (Lipinski definition) is 1. The van der Waals surface area contributed by atoms with Crippen LogP contribution in [0.15, 0.2) is 39.4 Å². The van der Waals surface area contributed by atoms with E-state index >= 15 is 0 Å². The van der Waals surface area contributed by atoms with Crippen molar-refractivity contribution >= 4 is 31.9 Å². The molecule has 2 aromatic rings. The molecule has 0 fully saturated rings. The van der Waals surface area contributed by atoms with Gasteiger partial charge in [0.2, 0.25) is 0 Å². The first kappa shape index (κ1) is 16.4. The van der Waals surface area contributed by atoms with E-state index < -0.39 is 23.6 Å². The van der Waals surface area contributed by atoms with Gasteiger partial charge in [-0.2, -0.15) is 13.2 Å². The van der Waals surface area contributed by atoms with Gasteiger partial charge in [-0.25, -0.2) is 4.39 Å². The Kier molecular flexibility index (Phi) is 4.69. The fourth-order valence-electron chi connectivity index (χ4n) is 1.77. The number of pyridine rings is 1. The maximum atomic E-state index is 13.3. The Bertz CT molecular complexity index is 674. The Morgan fingerprint density at radius 2 is 1.81 bits per heavy atom. The zero-order valence-corrected chi connectivity index (χ0v) is 13.4. The summed E-state index contributed by atoms with van der Waals surface area (Å²) < 4.78 is 52.7. The van der Waals surface area contributed by atoms with Crippen molar-refractivity contribution < 1.29 is 17.6 Å². The number of hydrogen-bond acceptors (Lipinski definition) is 2. The monoisotopic (exact) mass is 426 g/mol. The molecule has 1 unspecified atom stereocenters. The van der Waals surface area contributed by atoms with Crippen LogP contribution >= 0.6 is 31.9 Å². The standard InChI is InChI=1S/C13H8Br2F4N2/c14-7-4-9(15)12(21-5-7)11(20)6-1-2-10(16)8(3-6)13(17,18)19/h1-5,11H,20H2. The molecule has 0 radical (unpaired) electrons. The van der Waals surface area contributed by atoms with Crippen molar-refractivity contribution in [2.45, 2.75) is 12.2 Å². The fourth-order valence-corrected chi connectivity index (χ4v) is 3.00. The molecule has 0 aliphatic carbocycles. The van der Waals surface area contributed by atoms with Gasteiger partial charge in [0.15, 0.2) is 0 Å². The summed E-state index contributed by atoms with van der Waals surface area (Å²) in [7, 11) is 0. The topological polar surface area (TPSA) is 38.9 Å². The van der Waals surface area contributed by atoms with Crippen LogP contribution in [0.1, 0.15) is 22.9 Å². The lowest BCUT2D eigenvalue weighted by molar-refractivity contribution is -0.140. The van der Waals surface area contributed by atoms with Crippen LogP contribution in [-0.4, -0.2) is 4.98 Å². The Hall–Kier alpha value is -0.990. The molecule has 1 heterocycles. The minimum absolute atomic E-state index is 0.124. The Labute approximate surface area is 134 Å². The van der Waals surface area contributed by atoms with Gasteiger partial charge in [-0.05, 0) is 55.6 Å². The lowest BCUT2D eigenvalue weighted by atomic mass is 10.0. The number of nitrogens with zero attached hydrogens (tertiary/aromatic N) is 1. The second kappa shape index (κ2) is 6.02. The molecule has 0 saturated carbocycles. The largest absolute Gasteiger partial charge is 0.419 e. The van der Waals surface area contributed by atoms with Gasteiger partial charge in [0.1, 0.15) is 5.82 Å². The predicted octanol–water partition coefficient (Wildman–Crippen LogP) is 4.81.